The average Bonchev–Trinajstić information content (AvgIpc) is 2.85. The minimum atomic E-state index is -2.94. The van der Waals surface area contributed by atoms with Crippen LogP contribution in [-0.4, -0.2) is 96.9 Å². The van der Waals surface area contributed by atoms with Crippen molar-refractivity contribution < 1.29 is 39.9 Å². The Kier molecular flexibility index (Phi) is 7.05. The summed E-state index contributed by atoms with van der Waals surface area (Å²) in [4.78, 5) is 41.0. The van der Waals surface area contributed by atoms with Gasteiger partial charge in [-0.15, -0.1) is 0 Å². The largest absolute Gasteiger partial charge is 0.508 e. The van der Waals surface area contributed by atoms with Crippen LogP contribution in [0.25, 0.3) is 5.76 Å². The molecule has 2 fully saturated rings. The zero-order valence-corrected chi connectivity index (χ0v) is 25.5. The van der Waals surface area contributed by atoms with Gasteiger partial charge in [-0.05, 0) is 72.2 Å². The number of nitrogens with two attached hydrogens (primary N) is 1. The number of hydrogen-bond donors (Lipinski definition) is 8. The number of benzene rings is 1. The molecule has 12 heteroatoms. The van der Waals surface area contributed by atoms with Crippen LogP contribution < -0.4 is 16.4 Å². The number of phenols is 1. The maximum Gasteiger partial charge on any atom is 0.255 e. The lowest BCUT2D eigenvalue weighted by Crippen LogP contribution is -2.70. The highest BCUT2D eigenvalue weighted by atomic mass is 16.4. The van der Waals surface area contributed by atoms with E-state index in [-0.39, 0.29) is 28.4 Å². The number of aliphatic hydroxyl groups is 4. The lowest BCUT2D eigenvalue weighted by molar-refractivity contribution is -0.169. The van der Waals surface area contributed by atoms with Gasteiger partial charge in [0, 0.05) is 28.6 Å². The van der Waals surface area contributed by atoms with E-state index in [1.54, 1.807) is 19.1 Å². The number of ketones is 2. The molecule has 1 saturated carbocycles. The minimum absolute atomic E-state index is 0.0320. The number of anilines is 1. The van der Waals surface area contributed by atoms with Crippen LogP contribution in [0, 0.1) is 11.8 Å². The van der Waals surface area contributed by atoms with Crippen molar-refractivity contribution in [3.63, 3.8) is 0 Å². The molecule has 43 heavy (non-hydrogen) atoms. The van der Waals surface area contributed by atoms with Crippen molar-refractivity contribution in [3.05, 3.63) is 40.2 Å². The van der Waals surface area contributed by atoms with Crippen molar-refractivity contribution in [1.82, 2.24) is 10.2 Å². The van der Waals surface area contributed by atoms with Crippen LogP contribution in [0.5, 0.6) is 5.75 Å². The molecular weight excluding hydrogens is 556 g/mol. The fraction of sp³-hybridized carbons (Fsp3) is 0.581. The first kappa shape index (κ1) is 31.0. The van der Waals surface area contributed by atoms with Gasteiger partial charge in [-0.2, -0.15) is 0 Å². The molecular formula is C31H42N4O8. The fourth-order valence-corrected chi connectivity index (χ4v) is 8.38. The van der Waals surface area contributed by atoms with Crippen molar-refractivity contribution in [2.24, 2.45) is 17.6 Å². The van der Waals surface area contributed by atoms with E-state index in [4.69, 9.17) is 5.73 Å². The second kappa shape index (κ2) is 9.78. The number of Topliss-reactive ketones (excluding diaryl/α,β-unsaturated/α-hetero) is 2. The Labute approximate surface area is 250 Å². The first-order chi connectivity index (χ1) is 19.7. The number of piperidine rings is 1. The Bertz CT molecular complexity index is 1480. The van der Waals surface area contributed by atoms with Crippen molar-refractivity contribution in [2.75, 3.05) is 19.4 Å². The summed E-state index contributed by atoms with van der Waals surface area (Å²) in [6, 6.07) is 1.98. The highest BCUT2D eigenvalue weighted by Crippen LogP contribution is 2.56. The van der Waals surface area contributed by atoms with E-state index >= 15 is 0 Å². The molecule has 6 atom stereocenters. The summed E-state index contributed by atoms with van der Waals surface area (Å²) in [5.74, 6) is -9.04. The molecule has 0 radical (unpaired) electrons. The SMILES string of the molecule is C[C@@H]1c2ccc(NC3CC(C)(C)NC(C)(C)C3)c(O)c2C(O)=C2C(=O)[C@@]3(O)C(O)=C(C(N)=O)C(=O)[C@H](N(C)C)[C@H]3[C@H](O)[C@H]21. The standard InChI is InChI=1S/C31H42N4O8/c1-12-14-8-9-15(33-13-10-29(2,3)34-30(4,5)11-13)22(36)17(14)23(37)18-16(12)24(38)20-21(35(6)7)25(39)19(28(32)42)27(41)31(20,43)26(18)40/h8-9,12-13,16,20-21,24,33-34,36-38,41,43H,10-11H2,1-7H3,(H2,32,42)/t12-,16+,20+,21-,24-,31-/m1/s1. The summed E-state index contributed by atoms with van der Waals surface area (Å²) in [6.45, 7) is 10.1. The number of nitrogens with zero attached hydrogens (tertiary/aromatic N) is 1. The smallest absolute Gasteiger partial charge is 0.255 e. The van der Waals surface area contributed by atoms with Gasteiger partial charge in [0.1, 0.15) is 22.8 Å². The summed E-state index contributed by atoms with van der Waals surface area (Å²) < 4.78 is 0. The van der Waals surface area contributed by atoms with Gasteiger partial charge in [-0.25, -0.2) is 0 Å². The second-order valence-electron chi connectivity index (χ2n) is 14.1. The molecule has 3 aliphatic carbocycles. The Morgan fingerprint density at radius 1 is 1.07 bits per heavy atom. The Morgan fingerprint density at radius 2 is 1.65 bits per heavy atom. The molecule has 1 heterocycles. The summed E-state index contributed by atoms with van der Waals surface area (Å²) in [5, 5.41) is 64.7. The molecule has 12 nitrogen and oxygen atoms in total. The zero-order valence-electron chi connectivity index (χ0n) is 25.5. The highest BCUT2D eigenvalue weighted by molar-refractivity contribution is 6.24. The number of carbonyl (C=O) groups is 3. The molecule has 0 unspecified atom stereocenters. The van der Waals surface area contributed by atoms with Crippen molar-refractivity contribution in [2.45, 2.75) is 88.2 Å². The van der Waals surface area contributed by atoms with Gasteiger partial charge in [0.2, 0.25) is 5.78 Å². The molecule has 0 bridgehead atoms. The Morgan fingerprint density at radius 3 is 2.19 bits per heavy atom. The predicted molar refractivity (Wildman–Crippen MR) is 158 cm³/mol. The molecule has 0 spiro atoms. The van der Waals surface area contributed by atoms with Crippen LogP contribution in [0.4, 0.5) is 5.69 Å². The number of fused-ring (bicyclic) bond motifs is 3. The summed E-state index contributed by atoms with van der Waals surface area (Å²) in [5.41, 5.74) is 1.47. The van der Waals surface area contributed by atoms with Gasteiger partial charge in [-0.1, -0.05) is 13.0 Å². The average molecular weight is 599 g/mol. The highest BCUT2D eigenvalue weighted by Gasteiger charge is 2.68. The molecule has 5 rings (SSSR count). The quantitative estimate of drug-likeness (QED) is 0.183. The van der Waals surface area contributed by atoms with Gasteiger partial charge < -0.3 is 41.9 Å². The number of hydrogen-bond acceptors (Lipinski definition) is 11. The number of aromatic hydroxyl groups is 1. The normalized spacial score (nSPS) is 33.7. The maximum atomic E-state index is 14.2. The molecule has 0 aromatic heterocycles. The van der Waals surface area contributed by atoms with Crippen LogP contribution in [-0.2, 0) is 14.4 Å². The van der Waals surface area contributed by atoms with Crippen molar-refractivity contribution in [1.29, 1.82) is 0 Å². The third-order valence-corrected chi connectivity index (χ3v) is 9.68. The van der Waals surface area contributed by atoms with Gasteiger partial charge in [0.25, 0.3) is 5.91 Å². The van der Waals surface area contributed by atoms with Crippen LogP contribution >= 0.6 is 0 Å². The Balaban J connectivity index is 1.66. The molecule has 1 aliphatic heterocycles. The lowest BCUT2D eigenvalue weighted by Gasteiger charge is -2.53. The topological polar surface area (TPSA) is 206 Å². The van der Waals surface area contributed by atoms with E-state index < -0.39 is 75.6 Å². The second-order valence-corrected chi connectivity index (χ2v) is 14.1. The third-order valence-electron chi connectivity index (χ3n) is 9.68. The third kappa shape index (κ3) is 4.45. The number of nitrogens with one attached hydrogen (secondary N) is 2. The number of carbonyl (C=O) groups excluding carboxylic acids is 3. The summed E-state index contributed by atoms with van der Waals surface area (Å²) >= 11 is 0. The van der Waals surface area contributed by atoms with Crippen LogP contribution in [0.3, 0.4) is 0 Å². The molecule has 1 aromatic carbocycles. The molecule has 9 N–H and O–H groups in total. The number of primary amides is 1. The van der Waals surface area contributed by atoms with Gasteiger partial charge in [0.05, 0.1) is 29.3 Å². The first-order valence-corrected chi connectivity index (χ1v) is 14.5. The van der Waals surface area contributed by atoms with E-state index in [0.29, 0.717) is 11.3 Å². The maximum absolute atomic E-state index is 14.2. The molecule has 234 valence electrons. The van der Waals surface area contributed by atoms with E-state index in [2.05, 4.69) is 38.3 Å². The van der Waals surface area contributed by atoms with Crippen LogP contribution in [0.1, 0.15) is 64.5 Å². The van der Waals surface area contributed by atoms with E-state index in [1.165, 1.54) is 19.0 Å². The molecule has 4 aliphatic rings. The number of phenolic OH excluding ortho intramolecular Hbond substituents is 1. The molecule has 1 aromatic rings. The van der Waals surface area contributed by atoms with Gasteiger partial charge in [0.15, 0.2) is 11.4 Å². The van der Waals surface area contributed by atoms with Crippen molar-refractivity contribution in [3.8, 4) is 5.75 Å². The number of rotatable bonds is 4. The predicted octanol–water partition coefficient (Wildman–Crippen LogP) is 1.22. The van der Waals surface area contributed by atoms with E-state index in [0.717, 1.165) is 12.8 Å². The number of likely N-dealkylation sites (N-methyl/N-ethyl adjacent to an activating group) is 1. The van der Waals surface area contributed by atoms with Crippen LogP contribution in [0.15, 0.2) is 29.0 Å². The van der Waals surface area contributed by atoms with Crippen molar-refractivity contribution >= 4 is 28.9 Å². The summed E-state index contributed by atoms with van der Waals surface area (Å²) in [6.07, 6.45) is -0.135. The fourth-order valence-electron chi connectivity index (χ4n) is 8.38. The molecule has 1 saturated heterocycles. The number of amides is 1. The van der Waals surface area contributed by atoms with Gasteiger partial charge >= 0.3 is 0 Å². The number of aliphatic hydroxyl groups excluding tert-OH is 3. The van der Waals surface area contributed by atoms with Crippen LogP contribution in [0.2, 0.25) is 0 Å². The van der Waals surface area contributed by atoms with E-state index in [9.17, 15) is 39.9 Å². The minimum Gasteiger partial charge on any atom is -0.508 e. The Hall–Kier alpha value is -3.45. The lowest BCUT2D eigenvalue weighted by atomic mass is 9.54. The molecule has 1 amide bonds. The van der Waals surface area contributed by atoms with E-state index in [1.807, 2.05) is 0 Å². The summed E-state index contributed by atoms with van der Waals surface area (Å²) in [7, 11) is 2.95. The monoisotopic (exact) mass is 598 g/mol. The zero-order chi connectivity index (χ0) is 32.1. The first-order valence-electron chi connectivity index (χ1n) is 14.5. The van der Waals surface area contributed by atoms with Gasteiger partial charge in [-0.3, -0.25) is 19.3 Å².